The molecule has 2 heterocycles. The molecule has 1 aliphatic rings. The Bertz CT molecular complexity index is 505. The first-order chi connectivity index (χ1) is 8.39. The molecule has 98 valence electrons. The maximum Gasteiger partial charge on any atom is 0.337 e. The Morgan fingerprint density at radius 1 is 1.44 bits per heavy atom. The topological polar surface area (TPSA) is 79.5 Å². The van der Waals surface area contributed by atoms with Crippen LogP contribution in [0.3, 0.4) is 0 Å². The highest BCUT2D eigenvalue weighted by Gasteiger charge is 2.46. The van der Waals surface area contributed by atoms with E-state index in [0.29, 0.717) is 12.2 Å². The van der Waals surface area contributed by atoms with E-state index in [0.717, 1.165) is 12.8 Å². The molecule has 0 amide bonds. The molecular weight excluding hydrogens is 234 g/mol. The Balaban J connectivity index is 2.70. The van der Waals surface area contributed by atoms with Gasteiger partial charge in [-0.3, -0.25) is 4.79 Å². The number of hydrogen-bond acceptors (Lipinski definition) is 2. The van der Waals surface area contributed by atoms with E-state index in [1.807, 2.05) is 6.92 Å². The van der Waals surface area contributed by atoms with Crippen molar-refractivity contribution < 1.29 is 19.8 Å². The third-order valence-corrected chi connectivity index (χ3v) is 4.15. The van der Waals surface area contributed by atoms with E-state index in [4.69, 9.17) is 0 Å². The van der Waals surface area contributed by atoms with E-state index in [1.54, 1.807) is 17.7 Å². The van der Waals surface area contributed by atoms with Gasteiger partial charge >= 0.3 is 11.9 Å². The number of rotatable bonds is 2. The van der Waals surface area contributed by atoms with Gasteiger partial charge in [-0.25, -0.2) is 4.79 Å². The molecule has 0 fully saturated rings. The summed E-state index contributed by atoms with van der Waals surface area (Å²) in [6.45, 7) is 4.18. The Morgan fingerprint density at radius 2 is 2.11 bits per heavy atom. The predicted octanol–water partition coefficient (Wildman–Crippen LogP) is 1.96. The predicted molar refractivity (Wildman–Crippen MR) is 64.8 cm³/mol. The largest absolute Gasteiger partial charge is 0.481 e. The van der Waals surface area contributed by atoms with Crippen molar-refractivity contribution in [3.8, 4) is 0 Å². The molecule has 2 unspecified atom stereocenters. The lowest BCUT2D eigenvalue weighted by atomic mass is 9.73. The summed E-state index contributed by atoms with van der Waals surface area (Å²) in [5.41, 5.74) is -0.616. The van der Waals surface area contributed by atoms with Gasteiger partial charge < -0.3 is 14.8 Å². The molecule has 0 aliphatic carbocycles. The minimum atomic E-state index is -1.15. The number of aromatic carboxylic acids is 1. The summed E-state index contributed by atoms with van der Waals surface area (Å²) in [6, 6.07) is 1.50. The van der Waals surface area contributed by atoms with Gasteiger partial charge in [0.05, 0.1) is 5.56 Å². The lowest BCUT2D eigenvalue weighted by Crippen LogP contribution is -2.40. The summed E-state index contributed by atoms with van der Waals surface area (Å²) < 4.78 is 1.78. The standard InChI is InChI=1S/C13H17NO4/c1-8-4-3-6-14-7-5-9(11(15)16)10(14)13(8,2)12(17)18/h5,7-8H,3-4,6H2,1-2H3,(H,15,16)(H,17,18). The quantitative estimate of drug-likeness (QED) is 0.842. The van der Waals surface area contributed by atoms with Crippen LogP contribution in [-0.2, 0) is 16.8 Å². The third kappa shape index (κ3) is 1.62. The van der Waals surface area contributed by atoms with Gasteiger partial charge in [0, 0.05) is 18.4 Å². The second-order valence-corrected chi connectivity index (χ2v) is 5.13. The van der Waals surface area contributed by atoms with Crippen molar-refractivity contribution in [2.24, 2.45) is 5.92 Å². The Morgan fingerprint density at radius 3 is 2.67 bits per heavy atom. The van der Waals surface area contributed by atoms with E-state index in [9.17, 15) is 19.8 Å². The van der Waals surface area contributed by atoms with Crippen LogP contribution in [0.5, 0.6) is 0 Å². The first-order valence-corrected chi connectivity index (χ1v) is 6.05. The number of fused-ring (bicyclic) bond motifs is 1. The van der Waals surface area contributed by atoms with Crippen LogP contribution in [0.15, 0.2) is 12.3 Å². The first-order valence-electron chi connectivity index (χ1n) is 6.05. The maximum absolute atomic E-state index is 11.7. The Labute approximate surface area is 105 Å². The average molecular weight is 251 g/mol. The number of carbonyl (C=O) groups is 2. The van der Waals surface area contributed by atoms with Gasteiger partial charge in [0.25, 0.3) is 0 Å². The van der Waals surface area contributed by atoms with Gasteiger partial charge in [0.2, 0.25) is 0 Å². The van der Waals surface area contributed by atoms with Gasteiger partial charge in [0.15, 0.2) is 0 Å². The van der Waals surface area contributed by atoms with Crippen molar-refractivity contribution in [1.82, 2.24) is 4.57 Å². The van der Waals surface area contributed by atoms with Crippen molar-refractivity contribution in [3.05, 3.63) is 23.5 Å². The molecule has 0 saturated carbocycles. The van der Waals surface area contributed by atoms with Crippen LogP contribution in [0.2, 0.25) is 0 Å². The van der Waals surface area contributed by atoms with Crippen LogP contribution in [0.1, 0.15) is 42.7 Å². The normalized spacial score (nSPS) is 27.3. The summed E-state index contributed by atoms with van der Waals surface area (Å²) in [5, 5.41) is 18.8. The fourth-order valence-electron chi connectivity index (χ4n) is 2.81. The number of aryl methyl sites for hydroxylation is 1. The van der Waals surface area contributed by atoms with E-state index in [-0.39, 0.29) is 11.5 Å². The van der Waals surface area contributed by atoms with Gasteiger partial charge in [0.1, 0.15) is 5.41 Å². The molecule has 2 atom stereocenters. The first kappa shape index (κ1) is 12.7. The molecule has 0 radical (unpaired) electrons. The number of hydrogen-bond donors (Lipinski definition) is 2. The zero-order chi connectivity index (χ0) is 13.5. The lowest BCUT2D eigenvalue weighted by molar-refractivity contribution is -0.145. The van der Waals surface area contributed by atoms with Crippen LogP contribution >= 0.6 is 0 Å². The minimum Gasteiger partial charge on any atom is -0.481 e. The SMILES string of the molecule is CC1CCCn2ccc(C(=O)O)c2C1(C)C(=O)O. The lowest BCUT2D eigenvalue weighted by Gasteiger charge is -2.31. The van der Waals surface area contributed by atoms with Gasteiger partial charge in [-0.1, -0.05) is 6.92 Å². The summed E-state index contributed by atoms with van der Waals surface area (Å²) in [4.78, 5) is 22.9. The summed E-state index contributed by atoms with van der Waals surface area (Å²) in [5.74, 6) is -2.12. The zero-order valence-corrected chi connectivity index (χ0v) is 10.5. The van der Waals surface area contributed by atoms with Crippen molar-refractivity contribution in [2.75, 3.05) is 0 Å². The molecular formula is C13H17NO4. The van der Waals surface area contributed by atoms with Crippen LogP contribution in [0.4, 0.5) is 0 Å². The highest BCUT2D eigenvalue weighted by atomic mass is 16.4. The second-order valence-electron chi connectivity index (χ2n) is 5.13. The zero-order valence-electron chi connectivity index (χ0n) is 10.5. The van der Waals surface area contributed by atoms with Crippen LogP contribution in [0.25, 0.3) is 0 Å². The molecule has 2 N–H and O–H groups in total. The van der Waals surface area contributed by atoms with E-state index in [1.165, 1.54) is 6.07 Å². The third-order valence-electron chi connectivity index (χ3n) is 4.15. The molecule has 5 heteroatoms. The smallest absolute Gasteiger partial charge is 0.337 e. The highest BCUT2D eigenvalue weighted by Crippen LogP contribution is 2.40. The monoisotopic (exact) mass is 251 g/mol. The fraction of sp³-hybridized carbons (Fsp3) is 0.538. The number of aromatic nitrogens is 1. The Kier molecular flexibility index (Phi) is 2.92. The van der Waals surface area contributed by atoms with E-state index >= 15 is 0 Å². The fourth-order valence-corrected chi connectivity index (χ4v) is 2.81. The molecule has 1 aliphatic heterocycles. The highest BCUT2D eigenvalue weighted by molar-refractivity contribution is 5.93. The van der Waals surface area contributed by atoms with E-state index < -0.39 is 17.4 Å². The molecule has 18 heavy (non-hydrogen) atoms. The maximum atomic E-state index is 11.7. The molecule has 0 bridgehead atoms. The van der Waals surface area contributed by atoms with E-state index in [2.05, 4.69) is 0 Å². The summed E-state index contributed by atoms with van der Waals surface area (Å²) >= 11 is 0. The summed E-state index contributed by atoms with van der Waals surface area (Å²) in [7, 11) is 0. The molecule has 2 rings (SSSR count). The molecule has 1 aromatic heterocycles. The van der Waals surface area contributed by atoms with Crippen molar-refractivity contribution in [3.63, 3.8) is 0 Å². The molecule has 0 aromatic carbocycles. The number of carboxylic acids is 2. The molecule has 5 nitrogen and oxygen atoms in total. The van der Waals surface area contributed by atoms with Crippen molar-refractivity contribution in [2.45, 2.75) is 38.6 Å². The van der Waals surface area contributed by atoms with Crippen LogP contribution < -0.4 is 0 Å². The van der Waals surface area contributed by atoms with Gasteiger partial charge in [-0.05, 0) is 31.7 Å². The van der Waals surface area contributed by atoms with Crippen LogP contribution in [-0.4, -0.2) is 26.7 Å². The van der Waals surface area contributed by atoms with Gasteiger partial charge in [-0.15, -0.1) is 0 Å². The molecule has 0 spiro atoms. The molecule has 0 saturated heterocycles. The Hall–Kier alpha value is -1.78. The molecule has 1 aromatic rings. The van der Waals surface area contributed by atoms with Crippen molar-refractivity contribution in [1.29, 1.82) is 0 Å². The number of aliphatic carboxylic acids is 1. The number of nitrogens with zero attached hydrogens (tertiary/aromatic N) is 1. The summed E-state index contributed by atoms with van der Waals surface area (Å²) in [6.07, 6.45) is 3.33. The second kappa shape index (κ2) is 4.15. The average Bonchev–Trinajstić information content (AvgIpc) is 2.66. The van der Waals surface area contributed by atoms with Crippen molar-refractivity contribution >= 4 is 11.9 Å². The number of carboxylic acid groups (broad SMARTS) is 2. The minimum absolute atomic E-state index is 0.0933. The van der Waals surface area contributed by atoms with Crippen LogP contribution in [0, 0.1) is 5.92 Å². The van der Waals surface area contributed by atoms with Gasteiger partial charge in [-0.2, -0.15) is 0 Å².